The molecule has 3 heteroatoms. The quantitative estimate of drug-likeness (QED) is 0.809. The molecule has 0 amide bonds. The third-order valence-electron chi connectivity index (χ3n) is 5.42. The van der Waals surface area contributed by atoms with Crippen LogP contribution in [-0.4, -0.2) is 43.3 Å². The number of rotatable bonds is 3. The van der Waals surface area contributed by atoms with Crippen LogP contribution in [0.5, 0.6) is 0 Å². The molecule has 1 heterocycles. The van der Waals surface area contributed by atoms with Crippen molar-refractivity contribution in [1.82, 2.24) is 4.90 Å². The average Bonchev–Trinajstić information content (AvgIpc) is 2.93. The Morgan fingerprint density at radius 2 is 2.12 bits per heavy atom. The summed E-state index contributed by atoms with van der Waals surface area (Å²) in [5.74, 6) is 2.53. The Balaban J connectivity index is 1.62. The Morgan fingerprint density at radius 1 is 1.29 bits per heavy atom. The maximum absolute atomic E-state index is 6.41. The molecule has 3 fully saturated rings. The first-order chi connectivity index (χ1) is 8.29. The molecule has 0 aromatic carbocycles. The van der Waals surface area contributed by atoms with E-state index in [9.17, 15) is 0 Å². The van der Waals surface area contributed by atoms with Crippen LogP contribution in [0.1, 0.15) is 32.6 Å². The minimum atomic E-state index is 0.481. The highest BCUT2D eigenvalue weighted by atomic mass is 16.5. The summed E-state index contributed by atoms with van der Waals surface area (Å²) >= 11 is 0. The molecule has 5 atom stereocenters. The Bertz CT molecular complexity index is 269. The summed E-state index contributed by atoms with van der Waals surface area (Å²) in [6, 6.07) is 1.11. The van der Waals surface area contributed by atoms with Gasteiger partial charge in [-0.2, -0.15) is 0 Å². The molecule has 0 radical (unpaired) electrons. The van der Waals surface area contributed by atoms with Gasteiger partial charge in [0.05, 0.1) is 13.2 Å². The first kappa shape index (κ1) is 11.9. The van der Waals surface area contributed by atoms with Gasteiger partial charge < -0.3 is 10.5 Å². The predicted octanol–water partition coefficient (Wildman–Crippen LogP) is 1.47. The van der Waals surface area contributed by atoms with Crippen molar-refractivity contribution in [1.29, 1.82) is 0 Å². The van der Waals surface area contributed by atoms with E-state index < -0.39 is 0 Å². The molecule has 3 nitrogen and oxygen atoms in total. The third kappa shape index (κ3) is 2.13. The predicted molar refractivity (Wildman–Crippen MR) is 68.8 cm³/mol. The average molecular weight is 238 g/mol. The number of nitrogens with two attached hydrogens (primary N) is 1. The second-order valence-electron chi connectivity index (χ2n) is 6.21. The van der Waals surface area contributed by atoms with Crippen LogP contribution in [0.3, 0.4) is 0 Å². The maximum Gasteiger partial charge on any atom is 0.0622 e. The van der Waals surface area contributed by atoms with Crippen LogP contribution in [0.25, 0.3) is 0 Å². The summed E-state index contributed by atoms with van der Waals surface area (Å²) in [6.45, 7) is 6.44. The molecule has 1 saturated heterocycles. The van der Waals surface area contributed by atoms with Crippen LogP contribution >= 0.6 is 0 Å². The van der Waals surface area contributed by atoms with Crippen LogP contribution in [0.15, 0.2) is 0 Å². The molecule has 2 aliphatic carbocycles. The topological polar surface area (TPSA) is 38.5 Å². The summed E-state index contributed by atoms with van der Waals surface area (Å²) in [6.07, 6.45) is 5.44. The molecule has 2 saturated carbocycles. The number of ether oxygens (including phenoxy) is 1. The van der Waals surface area contributed by atoms with Crippen LogP contribution in [0, 0.1) is 17.8 Å². The number of fused-ring (bicyclic) bond motifs is 2. The summed E-state index contributed by atoms with van der Waals surface area (Å²) in [7, 11) is 0. The van der Waals surface area contributed by atoms with Gasteiger partial charge in [-0.3, -0.25) is 4.90 Å². The van der Waals surface area contributed by atoms with Crippen molar-refractivity contribution in [2.24, 2.45) is 23.5 Å². The van der Waals surface area contributed by atoms with Crippen LogP contribution < -0.4 is 5.73 Å². The molecule has 0 spiro atoms. The van der Waals surface area contributed by atoms with Crippen molar-refractivity contribution in [3.05, 3.63) is 0 Å². The van der Waals surface area contributed by atoms with E-state index >= 15 is 0 Å². The van der Waals surface area contributed by atoms with E-state index in [0.29, 0.717) is 12.1 Å². The van der Waals surface area contributed by atoms with Gasteiger partial charge in [0.15, 0.2) is 0 Å². The lowest BCUT2D eigenvalue weighted by Crippen LogP contribution is -2.50. The molecule has 0 aromatic heterocycles. The van der Waals surface area contributed by atoms with Gasteiger partial charge in [0, 0.05) is 25.2 Å². The minimum absolute atomic E-state index is 0.481. The minimum Gasteiger partial charge on any atom is -0.378 e. The van der Waals surface area contributed by atoms with Gasteiger partial charge >= 0.3 is 0 Å². The van der Waals surface area contributed by atoms with E-state index in [1.54, 1.807) is 0 Å². The first-order valence-electron chi connectivity index (χ1n) is 7.37. The molecule has 2 N–H and O–H groups in total. The molecule has 3 rings (SSSR count). The Kier molecular flexibility index (Phi) is 3.42. The van der Waals surface area contributed by atoms with E-state index in [4.69, 9.17) is 10.5 Å². The standard InChI is InChI=1S/C14H26N2O/c1-2-12-9-17-6-5-16(12)8-13-10-3-4-11(7-10)14(13)15/h10-14H,2-9,15H2,1H3. The van der Waals surface area contributed by atoms with Gasteiger partial charge in [-0.15, -0.1) is 0 Å². The zero-order chi connectivity index (χ0) is 11.8. The van der Waals surface area contributed by atoms with E-state index in [1.165, 1.54) is 32.2 Å². The van der Waals surface area contributed by atoms with E-state index in [1.807, 2.05) is 0 Å². The molecular formula is C14H26N2O. The molecule has 98 valence electrons. The van der Waals surface area contributed by atoms with Gasteiger partial charge in [0.25, 0.3) is 0 Å². The number of morpholine rings is 1. The summed E-state index contributed by atoms with van der Waals surface area (Å²) in [4.78, 5) is 2.65. The molecule has 0 aromatic rings. The fourth-order valence-corrected chi connectivity index (χ4v) is 4.30. The van der Waals surface area contributed by atoms with Gasteiger partial charge in [-0.1, -0.05) is 6.92 Å². The van der Waals surface area contributed by atoms with Crippen LogP contribution in [0.2, 0.25) is 0 Å². The smallest absolute Gasteiger partial charge is 0.0622 e. The van der Waals surface area contributed by atoms with E-state index in [2.05, 4.69) is 11.8 Å². The van der Waals surface area contributed by atoms with Crippen LogP contribution in [-0.2, 0) is 4.74 Å². The highest BCUT2D eigenvalue weighted by Crippen LogP contribution is 2.48. The molecule has 1 aliphatic heterocycles. The fraction of sp³-hybridized carbons (Fsp3) is 1.00. The molecule has 2 bridgehead atoms. The number of nitrogens with zero attached hydrogens (tertiary/aromatic N) is 1. The lowest BCUT2D eigenvalue weighted by molar-refractivity contribution is -0.0204. The van der Waals surface area contributed by atoms with Crippen molar-refractivity contribution in [3.63, 3.8) is 0 Å². The van der Waals surface area contributed by atoms with Gasteiger partial charge in [-0.05, 0) is 43.4 Å². The van der Waals surface area contributed by atoms with Crippen LogP contribution in [0.4, 0.5) is 0 Å². The van der Waals surface area contributed by atoms with Crippen molar-refractivity contribution in [2.45, 2.75) is 44.7 Å². The van der Waals surface area contributed by atoms with Crippen molar-refractivity contribution in [2.75, 3.05) is 26.3 Å². The SMILES string of the molecule is CCC1COCCN1CC1C2CCC(C2)C1N. The fourth-order valence-electron chi connectivity index (χ4n) is 4.30. The molecule has 5 unspecified atom stereocenters. The third-order valence-corrected chi connectivity index (χ3v) is 5.42. The lowest BCUT2D eigenvalue weighted by Gasteiger charge is -2.39. The number of hydrogen-bond acceptors (Lipinski definition) is 3. The van der Waals surface area contributed by atoms with E-state index in [0.717, 1.165) is 37.5 Å². The highest BCUT2D eigenvalue weighted by Gasteiger charge is 2.46. The summed E-state index contributed by atoms with van der Waals surface area (Å²) in [5.41, 5.74) is 6.41. The zero-order valence-electron chi connectivity index (χ0n) is 11.0. The zero-order valence-corrected chi connectivity index (χ0v) is 11.0. The van der Waals surface area contributed by atoms with Crippen molar-refractivity contribution >= 4 is 0 Å². The normalized spacial score (nSPS) is 46.6. The Hall–Kier alpha value is -0.120. The molecule has 17 heavy (non-hydrogen) atoms. The van der Waals surface area contributed by atoms with Gasteiger partial charge in [0.2, 0.25) is 0 Å². The second kappa shape index (κ2) is 4.87. The first-order valence-corrected chi connectivity index (χ1v) is 7.37. The molecular weight excluding hydrogens is 212 g/mol. The Morgan fingerprint density at radius 3 is 2.82 bits per heavy atom. The lowest BCUT2D eigenvalue weighted by atomic mass is 9.84. The molecule has 3 aliphatic rings. The Labute approximate surface area is 105 Å². The van der Waals surface area contributed by atoms with Crippen molar-refractivity contribution < 1.29 is 4.74 Å². The monoisotopic (exact) mass is 238 g/mol. The maximum atomic E-state index is 6.41. The second-order valence-corrected chi connectivity index (χ2v) is 6.21. The van der Waals surface area contributed by atoms with Gasteiger partial charge in [0.1, 0.15) is 0 Å². The largest absolute Gasteiger partial charge is 0.378 e. The van der Waals surface area contributed by atoms with E-state index in [-0.39, 0.29) is 0 Å². The highest BCUT2D eigenvalue weighted by molar-refractivity contribution is 5.00. The number of hydrogen-bond donors (Lipinski definition) is 1. The van der Waals surface area contributed by atoms with Crippen molar-refractivity contribution in [3.8, 4) is 0 Å². The van der Waals surface area contributed by atoms with Gasteiger partial charge in [-0.25, -0.2) is 0 Å². The summed E-state index contributed by atoms with van der Waals surface area (Å²) < 4.78 is 5.58. The summed E-state index contributed by atoms with van der Waals surface area (Å²) in [5, 5.41) is 0.